The van der Waals surface area contributed by atoms with Crippen LogP contribution in [-0.4, -0.2) is 26.6 Å². The van der Waals surface area contributed by atoms with Crippen LogP contribution in [0.3, 0.4) is 0 Å². The number of aryl methyl sites for hydroxylation is 3. The van der Waals surface area contributed by atoms with Gasteiger partial charge in [-0.25, -0.2) is 15.0 Å². The molecule has 0 amide bonds. The molecule has 6 nitrogen and oxygen atoms in total. The van der Waals surface area contributed by atoms with E-state index in [1.54, 1.807) is 13.3 Å². The molecule has 0 aliphatic carbocycles. The van der Waals surface area contributed by atoms with E-state index in [1.165, 1.54) is 0 Å². The summed E-state index contributed by atoms with van der Waals surface area (Å²) in [7, 11) is 3.63. The Bertz CT molecular complexity index is 805. The average molecular weight is 323 g/mol. The molecule has 0 aliphatic rings. The molecule has 1 atom stereocenters. The summed E-state index contributed by atoms with van der Waals surface area (Å²) in [6, 6.07) is 9.72. The number of ether oxygens (including phenoxy) is 1. The molecule has 3 rings (SSSR count). The molecule has 1 N–H and O–H groups in total. The Kier molecular flexibility index (Phi) is 4.46. The van der Waals surface area contributed by atoms with Crippen molar-refractivity contribution in [1.82, 2.24) is 19.5 Å². The van der Waals surface area contributed by atoms with Crippen LogP contribution < -0.4 is 10.1 Å². The minimum Gasteiger partial charge on any atom is -0.497 e. The van der Waals surface area contributed by atoms with Gasteiger partial charge < -0.3 is 14.6 Å². The number of benzene rings is 1. The van der Waals surface area contributed by atoms with Gasteiger partial charge in [0, 0.05) is 30.8 Å². The average Bonchev–Trinajstić information content (AvgIpc) is 2.98. The Balaban J connectivity index is 2.00. The molecule has 3 aromatic rings. The van der Waals surface area contributed by atoms with Crippen molar-refractivity contribution in [3.05, 3.63) is 65.5 Å². The van der Waals surface area contributed by atoms with E-state index in [4.69, 9.17) is 4.74 Å². The molecule has 124 valence electrons. The second kappa shape index (κ2) is 6.70. The molecule has 1 unspecified atom stereocenters. The lowest BCUT2D eigenvalue weighted by Gasteiger charge is -2.20. The first-order valence-electron chi connectivity index (χ1n) is 7.77. The minimum atomic E-state index is -0.155. The van der Waals surface area contributed by atoms with Crippen LogP contribution in [0.1, 0.15) is 28.8 Å². The summed E-state index contributed by atoms with van der Waals surface area (Å²) in [5.74, 6) is 2.30. The SMILES string of the molecule is COc1ccc(C(Nc2nc(C)cc(C)n2)c2nccn2C)cc1. The van der Waals surface area contributed by atoms with Crippen molar-refractivity contribution in [3.63, 3.8) is 0 Å². The summed E-state index contributed by atoms with van der Waals surface area (Å²) in [4.78, 5) is 13.5. The van der Waals surface area contributed by atoms with Gasteiger partial charge >= 0.3 is 0 Å². The zero-order chi connectivity index (χ0) is 17.1. The third-order valence-corrected chi connectivity index (χ3v) is 3.82. The molecule has 0 saturated heterocycles. The zero-order valence-electron chi connectivity index (χ0n) is 14.3. The molecule has 24 heavy (non-hydrogen) atoms. The highest BCUT2D eigenvalue weighted by molar-refractivity contribution is 5.40. The molecule has 0 saturated carbocycles. The quantitative estimate of drug-likeness (QED) is 0.782. The molecule has 0 fully saturated rings. The van der Waals surface area contributed by atoms with Gasteiger partial charge in [0.1, 0.15) is 17.6 Å². The Morgan fingerprint density at radius 3 is 2.29 bits per heavy atom. The minimum absolute atomic E-state index is 0.155. The van der Waals surface area contributed by atoms with E-state index in [-0.39, 0.29) is 6.04 Å². The van der Waals surface area contributed by atoms with E-state index in [2.05, 4.69) is 20.3 Å². The predicted molar refractivity (Wildman–Crippen MR) is 93.2 cm³/mol. The summed E-state index contributed by atoms with van der Waals surface area (Å²) in [6.07, 6.45) is 3.71. The second-order valence-electron chi connectivity index (χ2n) is 5.72. The summed E-state index contributed by atoms with van der Waals surface area (Å²) < 4.78 is 7.24. The highest BCUT2D eigenvalue weighted by atomic mass is 16.5. The number of imidazole rings is 1. The number of methoxy groups -OCH3 is 1. The van der Waals surface area contributed by atoms with Crippen LogP contribution in [0.25, 0.3) is 0 Å². The van der Waals surface area contributed by atoms with Gasteiger partial charge in [-0.05, 0) is 37.6 Å². The van der Waals surface area contributed by atoms with Gasteiger partial charge in [0.15, 0.2) is 0 Å². The van der Waals surface area contributed by atoms with Crippen LogP contribution in [-0.2, 0) is 7.05 Å². The van der Waals surface area contributed by atoms with Crippen molar-refractivity contribution < 1.29 is 4.74 Å². The Labute approximate surface area is 141 Å². The highest BCUT2D eigenvalue weighted by Gasteiger charge is 2.19. The van der Waals surface area contributed by atoms with Crippen molar-refractivity contribution in [1.29, 1.82) is 0 Å². The van der Waals surface area contributed by atoms with Crippen molar-refractivity contribution in [2.24, 2.45) is 7.05 Å². The Hall–Kier alpha value is -2.89. The Morgan fingerprint density at radius 1 is 1.08 bits per heavy atom. The number of anilines is 1. The largest absolute Gasteiger partial charge is 0.497 e. The first kappa shape index (κ1) is 16.0. The molecular weight excluding hydrogens is 302 g/mol. The lowest BCUT2D eigenvalue weighted by atomic mass is 10.1. The number of nitrogens with zero attached hydrogens (tertiary/aromatic N) is 4. The van der Waals surface area contributed by atoms with Crippen LogP contribution in [0.2, 0.25) is 0 Å². The number of aromatic nitrogens is 4. The summed E-state index contributed by atoms with van der Waals surface area (Å²) >= 11 is 0. The fraction of sp³-hybridized carbons (Fsp3) is 0.278. The third kappa shape index (κ3) is 3.37. The normalized spacial score (nSPS) is 12.0. The molecule has 2 aromatic heterocycles. The van der Waals surface area contributed by atoms with E-state index < -0.39 is 0 Å². The molecule has 1 aromatic carbocycles. The Morgan fingerprint density at radius 2 is 1.75 bits per heavy atom. The molecule has 0 radical (unpaired) electrons. The standard InChI is InChI=1S/C18H21N5O/c1-12-11-13(2)21-18(20-12)22-16(17-19-9-10-23(17)3)14-5-7-15(24-4)8-6-14/h5-11,16H,1-4H3,(H,20,21,22). The number of hydrogen-bond donors (Lipinski definition) is 1. The van der Waals surface area contributed by atoms with E-state index >= 15 is 0 Å². The second-order valence-corrected chi connectivity index (χ2v) is 5.72. The zero-order valence-corrected chi connectivity index (χ0v) is 14.3. The maximum absolute atomic E-state index is 5.25. The molecule has 0 spiro atoms. The fourth-order valence-corrected chi connectivity index (χ4v) is 2.67. The first-order chi connectivity index (χ1) is 11.6. The van der Waals surface area contributed by atoms with Crippen molar-refractivity contribution >= 4 is 5.95 Å². The summed E-state index contributed by atoms with van der Waals surface area (Å²) in [5, 5.41) is 3.41. The van der Waals surface area contributed by atoms with Gasteiger partial charge in [-0.2, -0.15) is 0 Å². The van der Waals surface area contributed by atoms with Gasteiger partial charge in [0.05, 0.1) is 7.11 Å². The van der Waals surface area contributed by atoms with E-state index in [1.807, 2.05) is 62.0 Å². The third-order valence-electron chi connectivity index (χ3n) is 3.82. The molecule has 0 bridgehead atoms. The van der Waals surface area contributed by atoms with Gasteiger partial charge in [-0.3, -0.25) is 0 Å². The van der Waals surface area contributed by atoms with Gasteiger partial charge in [-0.1, -0.05) is 12.1 Å². The number of rotatable bonds is 5. The lowest BCUT2D eigenvalue weighted by Crippen LogP contribution is -2.18. The highest BCUT2D eigenvalue weighted by Crippen LogP contribution is 2.26. The van der Waals surface area contributed by atoms with Gasteiger partial charge in [-0.15, -0.1) is 0 Å². The van der Waals surface area contributed by atoms with Gasteiger partial charge in [0.25, 0.3) is 0 Å². The molecular formula is C18H21N5O. The van der Waals surface area contributed by atoms with E-state index in [9.17, 15) is 0 Å². The van der Waals surface area contributed by atoms with E-state index in [0.29, 0.717) is 5.95 Å². The summed E-state index contributed by atoms with van der Waals surface area (Å²) in [6.45, 7) is 3.92. The topological polar surface area (TPSA) is 64.9 Å². The van der Waals surface area contributed by atoms with Crippen molar-refractivity contribution in [2.75, 3.05) is 12.4 Å². The van der Waals surface area contributed by atoms with E-state index in [0.717, 1.165) is 28.5 Å². The monoisotopic (exact) mass is 323 g/mol. The van der Waals surface area contributed by atoms with Crippen LogP contribution in [0.4, 0.5) is 5.95 Å². The molecule has 6 heteroatoms. The fourth-order valence-electron chi connectivity index (χ4n) is 2.67. The lowest BCUT2D eigenvalue weighted by molar-refractivity contribution is 0.414. The maximum atomic E-state index is 5.25. The maximum Gasteiger partial charge on any atom is 0.223 e. The molecule has 2 heterocycles. The number of nitrogens with one attached hydrogen (secondary N) is 1. The number of hydrogen-bond acceptors (Lipinski definition) is 5. The van der Waals surface area contributed by atoms with Crippen LogP contribution >= 0.6 is 0 Å². The first-order valence-corrected chi connectivity index (χ1v) is 7.77. The van der Waals surface area contributed by atoms with Gasteiger partial charge in [0.2, 0.25) is 5.95 Å². The van der Waals surface area contributed by atoms with Crippen molar-refractivity contribution in [2.45, 2.75) is 19.9 Å². The van der Waals surface area contributed by atoms with Crippen molar-refractivity contribution in [3.8, 4) is 5.75 Å². The summed E-state index contributed by atoms with van der Waals surface area (Å²) in [5.41, 5.74) is 2.92. The van der Waals surface area contributed by atoms with Crippen LogP contribution in [0, 0.1) is 13.8 Å². The van der Waals surface area contributed by atoms with Crippen LogP contribution in [0.5, 0.6) is 5.75 Å². The van der Waals surface area contributed by atoms with Crippen LogP contribution in [0.15, 0.2) is 42.7 Å². The molecule has 0 aliphatic heterocycles. The predicted octanol–water partition coefficient (Wildman–Crippen LogP) is 3.04. The smallest absolute Gasteiger partial charge is 0.223 e.